The molecule has 0 bridgehead atoms. The van der Waals surface area contributed by atoms with Gasteiger partial charge in [-0.25, -0.2) is 0 Å². The fourth-order valence-corrected chi connectivity index (χ4v) is 7.11. The number of rotatable bonds is 13. The second kappa shape index (κ2) is 16.0. The molecule has 0 radical (unpaired) electrons. The summed E-state index contributed by atoms with van der Waals surface area (Å²) < 4.78 is 0. The molecule has 0 aliphatic carbocycles. The highest BCUT2D eigenvalue weighted by atomic mass is 15.2. The van der Waals surface area contributed by atoms with Gasteiger partial charge in [0.1, 0.15) is 0 Å². The van der Waals surface area contributed by atoms with Crippen LogP contribution in [0.1, 0.15) is 81.6 Å². The second-order valence-electron chi connectivity index (χ2n) is 14.2. The first-order valence-corrected chi connectivity index (χ1v) is 17.1. The van der Waals surface area contributed by atoms with Gasteiger partial charge in [0, 0.05) is 34.2 Å². The van der Waals surface area contributed by atoms with Crippen LogP contribution in [0.3, 0.4) is 0 Å². The Balaban J connectivity index is 2.53. The largest absolute Gasteiger partial charge is 0.315 e. The average molecular weight is 625 g/mol. The summed E-state index contributed by atoms with van der Waals surface area (Å²) in [5, 5.41) is 0. The van der Waals surface area contributed by atoms with Crippen LogP contribution in [0.25, 0.3) is 0 Å². The first kappa shape index (κ1) is 37.2. The summed E-state index contributed by atoms with van der Waals surface area (Å²) in [6.07, 6.45) is 28.6. The lowest BCUT2D eigenvalue weighted by Gasteiger charge is -2.46. The lowest BCUT2D eigenvalue weighted by molar-refractivity contribution is 0.253. The van der Waals surface area contributed by atoms with Gasteiger partial charge in [0.15, 0.2) is 0 Å². The lowest BCUT2D eigenvalue weighted by atomic mass is 9.32. The first-order chi connectivity index (χ1) is 22.3. The Morgan fingerprint density at radius 3 is 2.19 bits per heavy atom. The van der Waals surface area contributed by atoms with E-state index in [0.29, 0.717) is 0 Å². The molecule has 0 fully saturated rings. The van der Waals surface area contributed by atoms with Crippen molar-refractivity contribution in [3.8, 4) is 0 Å². The van der Waals surface area contributed by atoms with Crippen LogP contribution in [0.2, 0.25) is 0 Å². The number of unbranched alkanes of at least 4 members (excludes halogenated alkanes) is 1. The smallest absolute Gasteiger partial charge is 0.251 e. The summed E-state index contributed by atoms with van der Waals surface area (Å²) in [4.78, 5) is 4.74. The minimum absolute atomic E-state index is 0.00564. The molecule has 246 valence electrons. The molecular weight excluding hydrogens is 567 g/mol. The minimum atomic E-state index is -0.0976. The van der Waals surface area contributed by atoms with Crippen LogP contribution < -0.4 is 10.4 Å². The highest BCUT2D eigenvalue weighted by molar-refractivity contribution is 6.89. The third-order valence-corrected chi connectivity index (χ3v) is 8.73. The molecule has 0 spiro atoms. The van der Waals surface area contributed by atoms with Gasteiger partial charge in [-0.3, -0.25) is 0 Å². The molecule has 2 nitrogen and oxygen atoms in total. The molecule has 0 amide bonds. The van der Waals surface area contributed by atoms with E-state index in [4.69, 9.17) is 0 Å². The molecule has 1 aromatic carbocycles. The molecule has 2 aliphatic heterocycles. The predicted molar refractivity (Wildman–Crippen MR) is 211 cm³/mol. The summed E-state index contributed by atoms with van der Waals surface area (Å²) >= 11 is 0. The molecule has 2 heterocycles. The molecule has 3 heteroatoms. The van der Waals surface area contributed by atoms with Crippen LogP contribution in [-0.4, -0.2) is 11.6 Å². The number of nitrogens with zero attached hydrogens (tertiary/aromatic N) is 2. The van der Waals surface area contributed by atoms with E-state index >= 15 is 0 Å². The highest BCUT2D eigenvalue weighted by Gasteiger charge is 2.44. The molecule has 0 saturated heterocycles. The number of fused-ring (bicyclic) bond motifs is 3. The van der Waals surface area contributed by atoms with E-state index in [-0.39, 0.29) is 17.5 Å². The van der Waals surface area contributed by atoms with Crippen molar-refractivity contribution in [2.24, 2.45) is 10.8 Å². The number of anilines is 1. The summed E-state index contributed by atoms with van der Waals surface area (Å²) in [6.45, 7) is 37.5. The fraction of sp³-hybridized carbons (Fsp3) is 0.318. The first-order valence-electron chi connectivity index (χ1n) is 17.1. The van der Waals surface area contributed by atoms with Crippen LogP contribution in [0.5, 0.6) is 0 Å². The van der Waals surface area contributed by atoms with Crippen LogP contribution in [0.15, 0.2) is 168 Å². The van der Waals surface area contributed by atoms with Crippen LogP contribution >= 0.6 is 0 Å². The summed E-state index contributed by atoms with van der Waals surface area (Å²) in [7, 11) is 0. The number of hydrogen-bond donors (Lipinski definition) is 0. The molecule has 0 N–H and O–H groups in total. The van der Waals surface area contributed by atoms with Crippen molar-refractivity contribution in [2.45, 2.75) is 81.6 Å². The molecule has 0 aromatic heterocycles. The molecule has 47 heavy (non-hydrogen) atoms. The Kier molecular flexibility index (Phi) is 12.7. The number of allylic oxidation sites excluding steroid dienone is 16. The maximum absolute atomic E-state index is 4.68. The Hall–Kier alpha value is -4.24. The zero-order chi connectivity index (χ0) is 34.9. The summed E-state index contributed by atoms with van der Waals surface area (Å²) in [6, 6.07) is 8.76. The third kappa shape index (κ3) is 8.20. The van der Waals surface area contributed by atoms with Crippen molar-refractivity contribution < 1.29 is 0 Å². The van der Waals surface area contributed by atoms with Gasteiger partial charge in [0.05, 0.1) is 0 Å². The van der Waals surface area contributed by atoms with E-state index in [1.807, 2.05) is 18.2 Å². The molecule has 1 aromatic rings. The SMILES string of the molecule is C=C/C=C1\C2=C(C)N(C(/C=C\C)=C/C=C)c3ccccc3B2C(/C=C\C)=C(C=C)N1C(/C=C\CCC)=C/C(=C)C(C)(C)CC(C)(C)C. The molecule has 3 rings (SSSR count). The van der Waals surface area contributed by atoms with Gasteiger partial charge >= 0.3 is 0 Å². The van der Waals surface area contributed by atoms with Gasteiger partial charge in [-0.2, -0.15) is 0 Å². The molecule has 2 aliphatic rings. The van der Waals surface area contributed by atoms with Crippen LogP contribution in [0, 0.1) is 10.8 Å². The topological polar surface area (TPSA) is 6.48 Å². The van der Waals surface area contributed by atoms with Crippen molar-refractivity contribution >= 4 is 17.9 Å². The monoisotopic (exact) mass is 624 g/mol. The van der Waals surface area contributed by atoms with Gasteiger partial charge in [-0.15, -0.1) is 0 Å². The van der Waals surface area contributed by atoms with Crippen molar-refractivity contribution in [1.29, 1.82) is 0 Å². The van der Waals surface area contributed by atoms with E-state index in [0.717, 1.165) is 59.0 Å². The van der Waals surface area contributed by atoms with Gasteiger partial charge in [-0.05, 0) is 109 Å². The fourth-order valence-electron chi connectivity index (χ4n) is 7.11. The Morgan fingerprint density at radius 1 is 0.915 bits per heavy atom. The van der Waals surface area contributed by atoms with E-state index in [1.165, 1.54) is 16.4 Å². The molecule has 0 atom stereocenters. The standard InChI is InChI=1S/C44H57BN2/c1-14-20-21-28-36(31-33(7)44(12,13)32-43(9,10)11)47-39(19-6)37(26-17-4)45-38-29-22-23-30-40(38)46(35(24-15-2)25-16-3)34(8)42(45)41(47)27-18-5/h15-19,21-31H,2,5-7,14,20,32H2,1,3-4,8-13H3/b25-16-,26-17-,28-21-,35-24+,36-31+,41-27+. The molecular formula is C44H57BN2. The van der Waals surface area contributed by atoms with Gasteiger partial charge in [0.25, 0.3) is 6.71 Å². The predicted octanol–water partition coefficient (Wildman–Crippen LogP) is 11.9. The normalized spacial score (nSPS) is 17.4. The lowest BCUT2D eigenvalue weighted by Crippen LogP contribution is -2.50. The summed E-state index contributed by atoms with van der Waals surface area (Å²) in [5.41, 5.74) is 11.4. The quantitative estimate of drug-likeness (QED) is 0.159. The second-order valence-corrected chi connectivity index (χ2v) is 14.2. The Bertz CT molecular complexity index is 1620. The highest BCUT2D eigenvalue weighted by Crippen LogP contribution is 2.46. The van der Waals surface area contributed by atoms with E-state index in [2.05, 4.69) is 177 Å². The zero-order valence-electron chi connectivity index (χ0n) is 30.7. The van der Waals surface area contributed by atoms with E-state index in [1.54, 1.807) is 0 Å². The van der Waals surface area contributed by atoms with Gasteiger partial charge in [0.2, 0.25) is 0 Å². The zero-order valence-corrected chi connectivity index (χ0v) is 30.7. The molecule has 0 unspecified atom stereocenters. The summed E-state index contributed by atoms with van der Waals surface area (Å²) in [5.74, 6) is 0. The van der Waals surface area contributed by atoms with Crippen molar-refractivity contribution in [2.75, 3.05) is 4.90 Å². The number of hydrogen-bond acceptors (Lipinski definition) is 2. The van der Waals surface area contributed by atoms with Gasteiger partial charge < -0.3 is 9.80 Å². The number of para-hydroxylation sites is 1. The van der Waals surface area contributed by atoms with Crippen LogP contribution in [0.4, 0.5) is 5.69 Å². The van der Waals surface area contributed by atoms with E-state index < -0.39 is 0 Å². The molecule has 0 saturated carbocycles. The van der Waals surface area contributed by atoms with Crippen LogP contribution in [-0.2, 0) is 0 Å². The van der Waals surface area contributed by atoms with Gasteiger partial charge in [-0.1, -0.05) is 129 Å². The Morgan fingerprint density at radius 2 is 1.62 bits per heavy atom. The van der Waals surface area contributed by atoms with Crippen molar-refractivity contribution in [3.05, 3.63) is 168 Å². The number of benzene rings is 1. The third-order valence-electron chi connectivity index (χ3n) is 8.73. The van der Waals surface area contributed by atoms with Crippen molar-refractivity contribution in [1.82, 2.24) is 4.90 Å². The van der Waals surface area contributed by atoms with E-state index in [9.17, 15) is 0 Å². The van der Waals surface area contributed by atoms with Crippen molar-refractivity contribution in [3.63, 3.8) is 0 Å². The maximum Gasteiger partial charge on any atom is 0.251 e. The minimum Gasteiger partial charge on any atom is -0.315 e. The average Bonchev–Trinajstić information content (AvgIpc) is 3.00. The maximum atomic E-state index is 4.68. The Labute approximate surface area is 287 Å².